The summed E-state index contributed by atoms with van der Waals surface area (Å²) in [6.45, 7) is 9.81. The molecular formula is C11H25NO2. The van der Waals surface area contributed by atoms with E-state index >= 15 is 0 Å². The summed E-state index contributed by atoms with van der Waals surface area (Å²) in [5.74, 6) is 0. The fourth-order valence-electron chi connectivity index (χ4n) is 1.62. The summed E-state index contributed by atoms with van der Waals surface area (Å²) in [5, 5.41) is 0. The molecule has 2 unspecified atom stereocenters. The first kappa shape index (κ1) is 13.9. The molecule has 86 valence electrons. The molecule has 0 aromatic carbocycles. The minimum atomic E-state index is -0.0495. The van der Waals surface area contributed by atoms with Gasteiger partial charge in [0.1, 0.15) is 0 Å². The van der Waals surface area contributed by atoms with Crippen LogP contribution in [-0.4, -0.2) is 32.5 Å². The normalized spacial score (nSPS) is 16.7. The monoisotopic (exact) mass is 203 g/mol. The first-order valence-corrected chi connectivity index (χ1v) is 5.29. The Hall–Kier alpha value is -0.120. The Labute approximate surface area is 88.0 Å². The van der Waals surface area contributed by atoms with Crippen molar-refractivity contribution in [1.29, 1.82) is 0 Å². The van der Waals surface area contributed by atoms with Crippen molar-refractivity contribution in [3.05, 3.63) is 0 Å². The summed E-state index contributed by atoms with van der Waals surface area (Å²) in [7, 11) is 1.70. The highest BCUT2D eigenvalue weighted by molar-refractivity contribution is 4.83. The Morgan fingerprint density at radius 1 is 1.29 bits per heavy atom. The molecule has 0 spiro atoms. The van der Waals surface area contributed by atoms with Crippen LogP contribution in [0.2, 0.25) is 0 Å². The topological polar surface area (TPSA) is 44.5 Å². The minimum absolute atomic E-state index is 0.0411. The Morgan fingerprint density at radius 2 is 1.86 bits per heavy atom. The van der Waals surface area contributed by atoms with Crippen LogP contribution in [0.25, 0.3) is 0 Å². The quantitative estimate of drug-likeness (QED) is 0.669. The van der Waals surface area contributed by atoms with Gasteiger partial charge in [-0.1, -0.05) is 27.7 Å². The Morgan fingerprint density at radius 3 is 2.21 bits per heavy atom. The van der Waals surface area contributed by atoms with Gasteiger partial charge in [0, 0.05) is 13.7 Å². The first-order valence-electron chi connectivity index (χ1n) is 5.29. The highest BCUT2D eigenvalue weighted by atomic mass is 16.5. The summed E-state index contributed by atoms with van der Waals surface area (Å²) in [5.41, 5.74) is 6.06. The van der Waals surface area contributed by atoms with Crippen molar-refractivity contribution in [2.24, 2.45) is 11.1 Å². The van der Waals surface area contributed by atoms with Crippen molar-refractivity contribution in [3.8, 4) is 0 Å². The lowest BCUT2D eigenvalue weighted by atomic mass is 9.85. The average Bonchev–Trinajstić information content (AvgIpc) is 2.03. The van der Waals surface area contributed by atoms with Crippen LogP contribution in [0, 0.1) is 5.41 Å². The molecule has 0 fully saturated rings. The van der Waals surface area contributed by atoms with Crippen molar-refractivity contribution in [3.63, 3.8) is 0 Å². The highest BCUT2D eigenvalue weighted by Gasteiger charge is 2.30. The molecule has 0 heterocycles. The molecule has 3 heteroatoms. The summed E-state index contributed by atoms with van der Waals surface area (Å²) < 4.78 is 10.8. The predicted molar refractivity (Wildman–Crippen MR) is 59.3 cm³/mol. The molecular weight excluding hydrogens is 178 g/mol. The van der Waals surface area contributed by atoms with E-state index in [9.17, 15) is 0 Å². The van der Waals surface area contributed by atoms with Crippen LogP contribution in [-0.2, 0) is 9.47 Å². The zero-order valence-corrected chi connectivity index (χ0v) is 10.2. The number of rotatable bonds is 6. The Kier molecular flexibility index (Phi) is 6.33. The van der Waals surface area contributed by atoms with Gasteiger partial charge in [0.05, 0.1) is 18.8 Å². The number of ether oxygens (including phenoxy) is 2. The van der Waals surface area contributed by atoms with Crippen LogP contribution in [0.4, 0.5) is 0 Å². The molecule has 0 bridgehead atoms. The van der Waals surface area contributed by atoms with Crippen LogP contribution in [0.5, 0.6) is 0 Å². The lowest BCUT2D eigenvalue weighted by molar-refractivity contribution is -0.0257. The maximum atomic E-state index is 6.01. The Bertz CT molecular complexity index is 143. The largest absolute Gasteiger partial charge is 0.380 e. The van der Waals surface area contributed by atoms with E-state index in [1.807, 2.05) is 0 Å². The predicted octanol–water partition coefficient (Wildman–Crippen LogP) is 1.80. The molecule has 2 atom stereocenters. The molecule has 0 aromatic heterocycles. The molecule has 0 rings (SSSR count). The minimum Gasteiger partial charge on any atom is -0.380 e. The van der Waals surface area contributed by atoms with E-state index in [1.54, 1.807) is 7.11 Å². The third-order valence-electron chi connectivity index (χ3n) is 2.16. The van der Waals surface area contributed by atoms with Gasteiger partial charge < -0.3 is 15.2 Å². The van der Waals surface area contributed by atoms with Crippen LogP contribution in [0.15, 0.2) is 0 Å². The van der Waals surface area contributed by atoms with Crippen molar-refractivity contribution in [1.82, 2.24) is 0 Å². The number of hydrogen-bond acceptors (Lipinski definition) is 3. The van der Waals surface area contributed by atoms with Gasteiger partial charge in [-0.25, -0.2) is 0 Å². The van der Waals surface area contributed by atoms with Crippen molar-refractivity contribution >= 4 is 0 Å². The average molecular weight is 203 g/mol. The molecule has 0 saturated heterocycles. The first-order chi connectivity index (χ1) is 6.43. The van der Waals surface area contributed by atoms with E-state index in [2.05, 4.69) is 27.7 Å². The zero-order valence-electron chi connectivity index (χ0n) is 10.2. The van der Waals surface area contributed by atoms with Gasteiger partial charge in [-0.2, -0.15) is 0 Å². The molecule has 0 amide bonds. The molecule has 0 aliphatic carbocycles. The van der Waals surface area contributed by atoms with Gasteiger partial charge >= 0.3 is 0 Å². The van der Waals surface area contributed by atoms with E-state index in [0.29, 0.717) is 6.61 Å². The van der Waals surface area contributed by atoms with Gasteiger partial charge in [0.25, 0.3) is 0 Å². The number of methoxy groups -OCH3 is 1. The van der Waals surface area contributed by atoms with E-state index in [1.165, 1.54) is 0 Å². The maximum absolute atomic E-state index is 6.01. The van der Waals surface area contributed by atoms with Gasteiger partial charge in [-0.05, 0) is 11.8 Å². The van der Waals surface area contributed by atoms with E-state index in [4.69, 9.17) is 15.2 Å². The summed E-state index contributed by atoms with van der Waals surface area (Å²) in [4.78, 5) is 0. The fraction of sp³-hybridized carbons (Fsp3) is 1.00. The molecule has 14 heavy (non-hydrogen) atoms. The summed E-state index contributed by atoms with van der Waals surface area (Å²) in [6, 6.07) is -0.0495. The lowest BCUT2D eigenvalue weighted by Crippen LogP contribution is -2.47. The van der Waals surface area contributed by atoms with Gasteiger partial charge in [0.2, 0.25) is 0 Å². The van der Waals surface area contributed by atoms with Crippen LogP contribution >= 0.6 is 0 Å². The molecule has 0 aliphatic heterocycles. The SMILES string of the molecule is CCCOCC(N)C(OC)C(C)(C)C. The molecule has 0 radical (unpaired) electrons. The maximum Gasteiger partial charge on any atom is 0.0792 e. The molecule has 0 aromatic rings. The smallest absolute Gasteiger partial charge is 0.0792 e. The van der Waals surface area contributed by atoms with Gasteiger partial charge in [0.15, 0.2) is 0 Å². The van der Waals surface area contributed by atoms with E-state index in [0.717, 1.165) is 13.0 Å². The highest BCUT2D eigenvalue weighted by Crippen LogP contribution is 2.23. The van der Waals surface area contributed by atoms with Crippen molar-refractivity contribution in [2.45, 2.75) is 46.3 Å². The summed E-state index contributed by atoms with van der Waals surface area (Å²) >= 11 is 0. The molecule has 0 aliphatic rings. The van der Waals surface area contributed by atoms with Crippen molar-refractivity contribution in [2.75, 3.05) is 20.3 Å². The third kappa shape index (κ3) is 4.94. The van der Waals surface area contributed by atoms with Gasteiger partial charge in [-0.3, -0.25) is 0 Å². The van der Waals surface area contributed by atoms with E-state index in [-0.39, 0.29) is 17.6 Å². The second-order valence-electron chi connectivity index (χ2n) is 4.76. The molecule has 0 saturated carbocycles. The second kappa shape index (κ2) is 6.38. The van der Waals surface area contributed by atoms with Gasteiger partial charge in [-0.15, -0.1) is 0 Å². The van der Waals surface area contributed by atoms with Crippen molar-refractivity contribution < 1.29 is 9.47 Å². The fourth-order valence-corrected chi connectivity index (χ4v) is 1.62. The third-order valence-corrected chi connectivity index (χ3v) is 2.16. The Balaban J connectivity index is 3.98. The number of hydrogen-bond donors (Lipinski definition) is 1. The standard InChI is InChI=1S/C11H25NO2/c1-6-7-14-8-9(12)10(13-5)11(2,3)4/h9-10H,6-8,12H2,1-5H3. The second-order valence-corrected chi connectivity index (χ2v) is 4.76. The zero-order chi connectivity index (χ0) is 11.2. The molecule has 3 nitrogen and oxygen atoms in total. The van der Waals surface area contributed by atoms with E-state index < -0.39 is 0 Å². The number of nitrogens with two attached hydrogens (primary N) is 1. The lowest BCUT2D eigenvalue weighted by Gasteiger charge is -2.33. The molecule has 2 N–H and O–H groups in total. The van der Waals surface area contributed by atoms with Crippen LogP contribution < -0.4 is 5.73 Å². The summed E-state index contributed by atoms with van der Waals surface area (Å²) in [6.07, 6.45) is 1.07. The van der Waals surface area contributed by atoms with Crippen LogP contribution in [0.3, 0.4) is 0 Å². The van der Waals surface area contributed by atoms with Crippen LogP contribution in [0.1, 0.15) is 34.1 Å².